The van der Waals surface area contributed by atoms with E-state index in [0.29, 0.717) is 0 Å². The Hall–Kier alpha value is -0.830. The average molecular weight is 170 g/mol. The Bertz CT molecular complexity index is 166. The maximum atomic E-state index is 11.3. The van der Waals surface area contributed by atoms with Crippen molar-refractivity contribution in [1.29, 1.82) is 0 Å². The van der Waals surface area contributed by atoms with Gasteiger partial charge in [-0.05, 0) is 12.8 Å². The lowest BCUT2D eigenvalue weighted by Gasteiger charge is -2.17. The summed E-state index contributed by atoms with van der Waals surface area (Å²) in [6.07, 6.45) is 1.67. The fraction of sp³-hybridized carbons (Fsp3) is 0.667. The highest BCUT2D eigenvalue weighted by molar-refractivity contribution is 5.82. The van der Waals surface area contributed by atoms with Gasteiger partial charge < -0.3 is 11.1 Å². The Morgan fingerprint density at radius 2 is 2.00 bits per heavy atom. The Balaban J connectivity index is 3.95. The molecule has 0 aliphatic heterocycles. The van der Waals surface area contributed by atoms with Gasteiger partial charge in [-0.25, -0.2) is 0 Å². The van der Waals surface area contributed by atoms with E-state index < -0.39 is 6.04 Å². The third-order valence-electron chi connectivity index (χ3n) is 1.74. The van der Waals surface area contributed by atoms with Crippen molar-refractivity contribution in [3.63, 3.8) is 0 Å². The van der Waals surface area contributed by atoms with Crippen molar-refractivity contribution in [2.45, 2.75) is 32.9 Å². The van der Waals surface area contributed by atoms with E-state index in [4.69, 9.17) is 5.73 Å². The van der Waals surface area contributed by atoms with Crippen LogP contribution in [0, 0.1) is 5.92 Å². The van der Waals surface area contributed by atoms with Crippen LogP contribution >= 0.6 is 0 Å². The summed E-state index contributed by atoms with van der Waals surface area (Å²) in [5.74, 6) is 0.0550. The number of carbonyl (C=O) groups excluding carboxylic acids is 1. The minimum atomic E-state index is -0.424. The summed E-state index contributed by atoms with van der Waals surface area (Å²) in [6.45, 7) is 9.26. The van der Waals surface area contributed by atoms with E-state index in [2.05, 4.69) is 11.9 Å². The van der Waals surface area contributed by atoms with Crippen molar-refractivity contribution in [1.82, 2.24) is 5.32 Å². The van der Waals surface area contributed by atoms with Gasteiger partial charge >= 0.3 is 0 Å². The Morgan fingerprint density at radius 1 is 1.50 bits per heavy atom. The zero-order valence-corrected chi connectivity index (χ0v) is 8.00. The maximum absolute atomic E-state index is 11.3. The van der Waals surface area contributed by atoms with Crippen LogP contribution in [0.1, 0.15) is 20.8 Å². The van der Waals surface area contributed by atoms with E-state index in [1.165, 1.54) is 0 Å². The first-order valence-electron chi connectivity index (χ1n) is 4.17. The van der Waals surface area contributed by atoms with Crippen LogP contribution in [0.2, 0.25) is 0 Å². The van der Waals surface area contributed by atoms with Gasteiger partial charge in [0.25, 0.3) is 0 Å². The molecule has 12 heavy (non-hydrogen) atoms. The highest BCUT2D eigenvalue weighted by Gasteiger charge is 2.17. The van der Waals surface area contributed by atoms with Gasteiger partial charge in [0.1, 0.15) is 0 Å². The molecule has 0 bridgehead atoms. The smallest absolute Gasteiger partial charge is 0.237 e. The number of nitrogens with two attached hydrogens (primary N) is 1. The van der Waals surface area contributed by atoms with Gasteiger partial charge in [0.15, 0.2) is 0 Å². The van der Waals surface area contributed by atoms with Crippen molar-refractivity contribution in [2.75, 3.05) is 0 Å². The number of nitrogens with one attached hydrogen (secondary N) is 1. The predicted molar refractivity (Wildman–Crippen MR) is 50.6 cm³/mol. The van der Waals surface area contributed by atoms with Crippen LogP contribution < -0.4 is 11.1 Å². The van der Waals surface area contributed by atoms with E-state index in [0.717, 1.165) is 0 Å². The molecule has 0 fully saturated rings. The van der Waals surface area contributed by atoms with Crippen molar-refractivity contribution < 1.29 is 4.79 Å². The second kappa shape index (κ2) is 4.93. The molecule has 0 aromatic heterocycles. The molecule has 0 heterocycles. The van der Waals surface area contributed by atoms with Gasteiger partial charge in [-0.2, -0.15) is 0 Å². The van der Waals surface area contributed by atoms with Crippen LogP contribution in [-0.2, 0) is 4.79 Å². The topological polar surface area (TPSA) is 55.1 Å². The zero-order chi connectivity index (χ0) is 9.72. The lowest BCUT2D eigenvalue weighted by molar-refractivity contribution is -0.123. The normalized spacial score (nSPS) is 15.4. The second-order valence-electron chi connectivity index (χ2n) is 3.30. The maximum Gasteiger partial charge on any atom is 0.237 e. The first kappa shape index (κ1) is 11.2. The number of rotatable bonds is 4. The molecule has 0 spiro atoms. The van der Waals surface area contributed by atoms with Crippen molar-refractivity contribution >= 4 is 5.91 Å². The van der Waals surface area contributed by atoms with Crippen LogP contribution in [0.15, 0.2) is 12.7 Å². The minimum absolute atomic E-state index is 0.0118. The first-order chi connectivity index (χ1) is 5.49. The summed E-state index contributed by atoms with van der Waals surface area (Å²) in [5, 5.41) is 2.73. The zero-order valence-electron chi connectivity index (χ0n) is 8.00. The van der Waals surface area contributed by atoms with Crippen LogP contribution in [0.4, 0.5) is 0 Å². The SMILES string of the molecule is C=CC(C)NC(=O)C(N)C(C)C. The molecule has 3 heteroatoms. The molecule has 70 valence electrons. The second-order valence-corrected chi connectivity index (χ2v) is 3.30. The molecule has 0 aromatic rings. The van der Waals surface area contributed by atoms with E-state index >= 15 is 0 Å². The molecule has 2 atom stereocenters. The fourth-order valence-electron chi connectivity index (χ4n) is 0.682. The van der Waals surface area contributed by atoms with Gasteiger partial charge in [0.05, 0.1) is 6.04 Å². The molecule has 0 radical (unpaired) electrons. The summed E-state index contributed by atoms with van der Waals surface area (Å²) in [7, 11) is 0. The third-order valence-corrected chi connectivity index (χ3v) is 1.74. The monoisotopic (exact) mass is 170 g/mol. The van der Waals surface area contributed by atoms with Crippen molar-refractivity contribution in [2.24, 2.45) is 11.7 Å². The highest BCUT2D eigenvalue weighted by atomic mass is 16.2. The standard InChI is InChI=1S/C9H18N2O/c1-5-7(4)11-9(12)8(10)6(2)3/h5-8H,1,10H2,2-4H3,(H,11,12). The van der Waals surface area contributed by atoms with Crippen molar-refractivity contribution in [3.05, 3.63) is 12.7 Å². The number of hydrogen-bond donors (Lipinski definition) is 2. The summed E-state index contributed by atoms with van der Waals surface area (Å²) >= 11 is 0. The molecular formula is C9H18N2O. The largest absolute Gasteiger partial charge is 0.349 e. The summed E-state index contributed by atoms with van der Waals surface area (Å²) < 4.78 is 0. The molecule has 0 aliphatic carbocycles. The van der Waals surface area contributed by atoms with E-state index in [9.17, 15) is 4.79 Å². The minimum Gasteiger partial charge on any atom is -0.349 e. The van der Waals surface area contributed by atoms with Crippen LogP contribution in [0.5, 0.6) is 0 Å². The highest BCUT2D eigenvalue weighted by Crippen LogP contribution is 1.98. The van der Waals surface area contributed by atoms with Gasteiger partial charge in [-0.3, -0.25) is 4.79 Å². The van der Waals surface area contributed by atoms with Gasteiger partial charge in [-0.1, -0.05) is 19.9 Å². The Labute approximate surface area is 74.0 Å². The summed E-state index contributed by atoms with van der Waals surface area (Å²) in [4.78, 5) is 11.3. The summed E-state index contributed by atoms with van der Waals surface area (Å²) in [5.41, 5.74) is 5.62. The molecule has 0 saturated carbocycles. The molecule has 0 aromatic carbocycles. The molecule has 1 amide bonds. The van der Waals surface area contributed by atoms with E-state index in [-0.39, 0.29) is 17.9 Å². The summed E-state index contributed by atoms with van der Waals surface area (Å²) in [6, 6.07) is -0.435. The molecular weight excluding hydrogens is 152 g/mol. The average Bonchev–Trinajstić information content (AvgIpc) is 2.02. The fourth-order valence-corrected chi connectivity index (χ4v) is 0.682. The number of amides is 1. The Morgan fingerprint density at radius 3 is 2.33 bits per heavy atom. The van der Waals surface area contributed by atoms with Crippen LogP contribution in [0.25, 0.3) is 0 Å². The number of carbonyl (C=O) groups is 1. The van der Waals surface area contributed by atoms with Crippen LogP contribution in [0.3, 0.4) is 0 Å². The van der Waals surface area contributed by atoms with Gasteiger partial charge in [-0.15, -0.1) is 6.58 Å². The first-order valence-corrected chi connectivity index (χ1v) is 4.17. The molecule has 0 aliphatic rings. The van der Waals surface area contributed by atoms with Crippen LogP contribution in [-0.4, -0.2) is 18.0 Å². The lowest BCUT2D eigenvalue weighted by atomic mass is 10.0. The third kappa shape index (κ3) is 3.53. The predicted octanol–water partition coefficient (Wildman–Crippen LogP) is 0.660. The molecule has 0 saturated heterocycles. The Kier molecular flexibility index (Phi) is 4.59. The molecule has 2 unspecified atom stereocenters. The van der Waals surface area contributed by atoms with E-state index in [1.54, 1.807) is 6.08 Å². The molecule has 3 N–H and O–H groups in total. The van der Waals surface area contributed by atoms with E-state index in [1.807, 2.05) is 20.8 Å². The number of hydrogen-bond acceptors (Lipinski definition) is 2. The molecule has 3 nitrogen and oxygen atoms in total. The van der Waals surface area contributed by atoms with Crippen molar-refractivity contribution in [3.8, 4) is 0 Å². The molecule has 0 rings (SSSR count). The van der Waals surface area contributed by atoms with Gasteiger partial charge in [0.2, 0.25) is 5.91 Å². The lowest BCUT2D eigenvalue weighted by Crippen LogP contribution is -2.46. The van der Waals surface area contributed by atoms with Gasteiger partial charge in [0, 0.05) is 6.04 Å². The quantitative estimate of drug-likeness (QED) is 0.609.